The van der Waals surface area contributed by atoms with Crippen molar-refractivity contribution in [1.82, 2.24) is 14.5 Å². The second-order valence-corrected chi connectivity index (χ2v) is 12.5. The zero-order chi connectivity index (χ0) is 29.4. The van der Waals surface area contributed by atoms with Crippen molar-refractivity contribution in [3.05, 3.63) is 102 Å². The molecule has 0 aromatic heterocycles. The molecule has 3 aromatic rings. The van der Waals surface area contributed by atoms with Gasteiger partial charge in [0.25, 0.3) is 0 Å². The highest BCUT2D eigenvalue weighted by molar-refractivity contribution is 7.90. The third-order valence-electron chi connectivity index (χ3n) is 7.31. The van der Waals surface area contributed by atoms with Crippen molar-refractivity contribution in [3.63, 3.8) is 0 Å². The number of anilines is 1. The number of rotatable bonds is 12. The Labute approximate surface area is 241 Å². The molecule has 10 heteroatoms. The van der Waals surface area contributed by atoms with Crippen molar-refractivity contribution >= 4 is 27.7 Å². The van der Waals surface area contributed by atoms with Gasteiger partial charge >= 0.3 is 10.2 Å². The second-order valence-electron chi connectivity index (χ2n) is 10.5. The van der Waals surface area contributed by atoms with E-state index in [0.29, 0.717) is 0 Å². The van der Waals surface area contributed by atoms with Crippen LogP contribution < -0.4 is 9.62 Å². The molecule has 1 atom stereocenters. The molecule has 0 unspecified atom stereocenters. The highest BCUT2D eigenvalue weighted by atomic mass is 32.2. The number of benzene rings is 3. The molecule has 4 rings (SSSR count). The van der Waals surface area contributed by atoms with Gasteiger partial charge < -0.3 is 10.2 Å². The molecule has 3 aromatic carbocycles. The number of nitrogens with zero attached hydrogens (tertiary/aromatic N) is 3. The van der Waals surface area contributed by atoms with Gasteiger partial charge in [-0.15, -0.1) is 0 Å². The van der Waals surface area contributed by atoms with E-state index in [9.17, 15) is 22.4 Å². The normalized spacial score (nSPS) is 14.5. The van der Waals surface area contributed by atoms with Gasteiger partial charge in [0.15, 0.2) is 0 Å². The maximum absolute atomic E-state index is 14.9. The molecule has 1 aliphatic carbocycles. The van der Waals surface area contributed by atoms with Crippen LogP contribution in [-0.4, -0.2) is 62.2 Å². The van der Waals surface area contributed by atoms with Gasteiger partial charge in [-0.3, -0.25) is 9.59 Å². The number of amides is 2. The molecule has 1 N–H and O–H groups in total. The summed E-state index contributed by atoms with van der Waals surface area (Å²) < 4.78 is 43.3. The van der Waals surface area contributed by atoms with Crippen molar-refractivity contribution in [2.24, 2.45) is 0 Å². The first-order valence-corrected chi connectivity index (χ1v) is 15.2. The lowest BCUT2D eigenvalue weighted by Crippen LogP contribution is -2.55. The minimum absolute atomic E-state index is 0.0264. The van der Waals surface area contributed by atoms with Crippen molar-refractivity contribution in [3.8, 4) is 0 Å². The van der Waals surface area contributed by atoms with Crippen molar-refractivity contribution in [2.45, 2.75) is 50.7 Å². The summed E-state index contributed by atoms with van der Waals surface area (Å²) in [5, 5.41) is 3.13. The van der Waals surface area contributed by atoms with Crippen LogP contribution in [0.4, 0.5) is 10.1 Å². The number of carbonyl (C=O) groups excluding carboxylic acids is 2. The van der Waals surface area contributed by atoms with Gasteiger partial charge in [-0.25, -0.2) is 8.70 Å². The fourth-order valence-corrected chi connectivity index (χ4v) is 6.12. The van der Waals surface area contributed by atoms with Crippen LogP contribution in [0.1, 0.15) is 36.8 Å². The predicted molar refractivity (Wildman–Crippen MR) is 158 cm³/mol. The minimum Gasteiger partial charge on any atom is -0.352 e. The first-order chi connectivity index (χ1) is 19.7. The van der Waals surface area contributed by atoms with Crippen LogP contribution in [0.2, 0.25) is 0 Å². The van der Waals surface area contributed by atoms with E-state index in [1.807, 2.05) is 60.7 Å². The van der Waals surface area contributed by atoms with Gasteiger partial charge in [0, 0.05) is 33.1 Å². The lowest BCUT2D eigenvalue weighted by atomic mass is 10.0. The molecule has 0 spiro atoms. The molecule has 0 heterocycles. The summed E-state index contributed by atoms with van der Waals surface area (Å²) in [6, 6.07) is 23.2. The molecule has 8 nitrogen and oxygen atoms in total. The smallest absolute Gasteiger partial charge is 0.304 e. The van der Waals surface area contributed by atoms with E-state index in [1.165, 1.54) is 37.2 Å². The summed E-state index contributed by atoms with van der Waals surface area (Å²) in [4.78, 5) is 29.5. The quantitative estimate of drug-likeness (QED) is 0.349. The minimum atomic E-state index is -4.26. The molecule has 0 radical (unpaired) electrons. The molecule has 0 saturated heterocycles. The van der Waals surface area contributed by atoms with Crippen molar-refractivity contribution in [1.29, 1.82) is 0 Å². The van der Waals surface area contributed by atoms with Gasteiger partial charge in [-0.1, -0.05) is 85.6 Å². The molecule has 41 heavy (non-hydrogen) atoms. The van der Waals surface area contributed by atoms with Crippen LogP contribution in [0.15, 0.2) is 84.9 Å². The molecule has 0 bridgehead atoms. The number of carbonyl (C=O) groups is 2. The third kappa shape index (κ3) is 7.71. The maximum atomic E-state index is 14.9. The molecule has 2 amide bonds. The van der Waals surface area contributed by atoms with Gasteiger partial charge in [0.1, 0.15) is 18.4 Å². The Hall–Kier alpha value is -3.76. The maximum Gasteiger partial charge on any atom is 0.304 e. The molecular formula is C31H37FN4O4S. The summed E-state index contributed by atoms with van der Waals surface area (Å²) in [6.45, 7) is -0.612. The Balaban J connectivity index is 1.74. The highest BCUT2D eigenvalue weighted by Crippen LogP contribution is 2.25. The Kier molecular flexibility index (Phi) is 10.1. The first-order valence-electron chi connectivity index (χ1n) is 13.8. The lowest BCUT2D eigenvalue weighted by molar-refractivity contribution is -0.140. The van der Waals surface area contributed by atoms with E-state index in [4.69, 9.17) is 0 Å². The topological polar surface area (TPSA) is 90.0 Å². The average Bonchev–Trinajstić information content (AvgIpc) is 3.48. The standard InChI is InChI=1S/C31H37FN4O4S/c1-34(2)41(39,40)36(28-20-12-11-19-27(28)32)23-30(37)35(22-25-15-7-4-8-16-25)29(21-24-13-5-3-6-14-24)31(38)33-26-17-9-10-18-26/h3-8,11-16,19-20,26,29H,9-10,17-18,21-23H2,1-2H3,(H,33,38)/t29-/m0/s1. The Morgan fingerprint density at radius 2 is 1.44 bits per heavy atom. The number of hydrogen-bond acceptors (Lipinski definition) is 4. The van der Waals surface area contributed by atoms with Crippen LogP contribution in [-0.2, 0) is 32.8 Å². The molecule has 1 saturated carbocycles. The first kappa shape index (κ1) is 30.2. The summed E-state index contributed by atoms with van der Waals surface area (Å²) >= 11 is 0. The van der Waals surface area contributed by atoms with Crippen LogP contribution in [0.25, 0.3) is 0 Å². The monoisotopic (exact) mass is 580 g/mol. The molecule has 1 aliphatic rings. The SMILES string of the molecule is CN(C)S(=O)(=O)N(CC(=O)N(Cc1ccccc1)[C@@H](Cc1ccccc1)C(=O)NC1CCCC1)c1ccccc1F. The number of nitrogens with one attached hydrogen (secondary N) is 1. The van der Waals surface area contributed by atoms with Crippen molar-refractivity contribution in [2.75, 3.05) is 24.9 Å². The van der Waals surface area contributed by atoms with Crippen LogP contribution in [0, 0.1) is 5.82 Å². The molecule has 0 aliphatic heterocycles. The summed E-state index contributed by atoms with van der Waals surface area (Å²) in [5.74, 6) is -1.69. The zero-order valence-corrected chi connectivity index (χ0v) is 24.3. The molecule has 1 fully saturated rings. The number of hydrogen-bond donors (Lipinski definition) is 1. The fourth-order valence-electron chi connectivity index (χ4n) is 5.06. The lowest BCUT2D eigenvalue weighted by Gasteiger charge is -2.35. The van der Waals surface area contributed by atoms with Gasteiger partial charge in [-0.2, -0.15) is 12.7 Å². The highest BCUT2D eigenvalue weighted by Gasteiger charge is 2.36. The van der Waals surface area contributed by atoms with E-state index in [2.05, 4.69) is 5.32 Å². The number of halogens is 1. The van der Waals surface area contributed by atoms with Gasteiger partial charge in [-0.05, 0) is 36.1 Å². The van der Waals surface area contributed by atoms with Crippen molar-refractivity contribution < 1.29 is 22.4 Å². The third-order valence-corrected chi connectivity index (χ3v) is 9.11. The summed E-state index contributed by atoms with van der Waals surface area (Å²) in [5.41, 5.74) is 1.39. The van der Waals surface area contributed by atoms with E-state index < -0.39 is 34.5 Å². The summed E-state index contributed by atoms with van der Waals surface area (Å²) in [7, 11) is -1.62. The Morgan fingerprint density at radius 1 is 0.878 bits per heavy atom. The second kappa shape index (κ2) is 13.7. The number of para-hydroxylation sites is 1. The largest absolute Gasteiger partial charge is 0.352 e. The van der Waals surface area contributed by atoms with E-state index >= 15 is 0 Å². The van der Waals surface area contributed by atoms with Gasteiger partial charge in [0.05, 0.1) is 5.69 Å². The predicted octanol–water partition coefficient (Wildman–Crippen LogP) is 4.14. The van der Waals surface area contributed by atoms with Crippen LogP contribution in [0.3, 0.4) is 0 Å². The van der Waals surface area contributed by atoms with Crippen LogP contribution in [0.5, 0.6) is 0 Å². The van der Waals surface area contributed by atoms with E-state index in [0.717, 1.165) is 51.5 Å². The zero-order valence-electron chi connectivity index (χ0n) is 23.4. The molecule has 218 valence electrons. The summed E-state index contributed by atoms with van der Waals surface area (Å²) in [6.07, 6.45) is 4.04. The van der Waals surface area contributed by atoms with E-state index in [-0.39, 0.29) is 30.6 Å². The van der Waals surface area contributed by atoms with Gasteiger partial charge in [0.2, 0.25) is 11.8 Å². The van der Waals surface area contributed by atoms with E-state index in [1.54, 1.807) is 0 Å². The average molecular weight is 581 g/mol. The van der Waals surface area contributed by atoms with Crippen LogP contribution >= 0.6 is 0 Å². The Bertz CT molecular complexity index is 1410. The Morgan fingerprint density at radius 3 is 2.02 bits per heavy atom. The fraction of sp³-hybridized carbons (Fsp3) is 0.355. The molecular weight excluding hydrogens is 543 g/mol.